The molecule has 2 aromatic rings. The maximum absolute atomic E-state index is 12.4. The van der Waals surface area contributed by atoms with Crippen molar-refractivity contribution in [2.24, 2.45) is 11.8 Å². The fourth-order valence-electron chi connectivity index (χ4n) is 3.33. The Morgan fingerprint density at radius 1 is 1.04 bits per heavy atom. The Bertz CT molecular complexity index is 656. The quantitative estimate of drug-likeness (QED) is 0.755. The van der Waals surface area contributed by atoms with Crippen LogP contribution in [-0.4, -0.2) is 52.3 Å². The first kappa shape index (κ1) is 16.7. The average molecular weight is 328 g/mol. The molecule has 1 amide bonds. The number of hydrogen-bond acceptors (Lipinski definition) is 3. The van der Waals surface area contributed by atoms with E-state index in [2.05, 4.69) is 17.1 Å². The number of carbonyl (C=O) groups excluding carboxylic acids is 1. The van der Waals surface area contributed by atoms with Gasteiger partial charge in [-0.3, -0.25) is 4.79 Å². The number of hydrogen-bond donors (Lipinski definition) is 3. The Kier molecular flexibility index (Phi) is 5.33. The molecule has 128 valence electrons. The van der Waals surface area contributed by atoms with Crippen LogP contribution in [0.1, 0.15) is 12.1 Å². The summed E-state index contributed by atoms with van der Waals surface area (Å²) in [5.41, 5.74) is 3.23. The Hall–Kier alpha value is -2.11. The Balaban J connectivity index is 1.55. The number of aliphatic hydroxyl groups excluding tert-OH is 2. The fourth-order valence-corrected chi connectivity index (χ4v) is 3.33. The van der Waals surface area contributed by atoms with E-state index in [4.69, 9.17) is 0 Å². The van der Waals surface area contributed by atoms with Crippen molar-refractivity contribution >= 4 is 5.91 Å². The molecule has 0 unspecified atom stereocenters. The predicted molar refractivity (Wildman–Crippen MR) is 92.3 cm³/mol. The predicted octanol–water partition coefficient (Wildman–Crippen LogP) is 1.67. The first-order valence-electron chi connectivity index (χ1n) is 8.44. The topological polar surface area (TPSA) is 76.6 Å². The van der Waals surface area contributed by atoms with Gasteiger partial charge in [0, 0.05) is 55.9 Å². The summed E-state index contributed by atoms with van der Waals surface area (Å²) in [4.78, 5) is 17.5. The second kappa shape index (κ2) is 7.64. The lowest BCUT2D eigenvalue weighted by Gasteiger charge is -2.15. The molecular formula is C19H24N2O3. The number of rotatable bonds is 6. The summed E-state index contributed by atoms with van der Waals surface area (Å²) in [5, 5.41) is 18.7. The summed E-state index contributed by atoms with van der Waals surface area (Å²) < 4.78 is 0. The van der Waals surface area contributed by atoms with Crippen LogP contribution in [0.15, 0.2) is 42.5 Å². The normalized spacial score (nSPS) is 20.5. The van der Waals surface area contributed by atoms with Crippen molar-refractivity contribution in [2.45, 2.75) is 12.8 Å². The van der Waals surface area contributed by atoms with E-state index in [0.29, 0.717) is 25.9 Å². The Morgan fingerprint density at radius 2 is 1.71 bits per heavy atom. The maximum atomic E-state index is 12.4. The lowest BCUT2D eigenvalue weighted by atomic mass is 9.98. The van der Waals surface area contributed by atoms with Gasteiger partial charge in [-0.15, -0.1) is 0 Å². The highest BCUT2D eigenvalue weighted by atomic mass is 16.3. The molecule has 2 atom stereocenters. The van der Waals surface area contributed by atoms with Gasteiger partial charge in [-0.1, -0.05) is 30.3 Å². The number of H-pyrrole nitrogens is 1. The summed E-state index contributed by atoms with van der Waals surface area (Å²) in [6.45, 7) is 1.12. The molecule has 0 saturated carbocycles. The van der Waals surface area contributed by atoms with Gasteiger partial charge in [0.2, 0.25) is 5.91 Å². The molecule has 3 rings (SSSR count). The molecule has 1 aliphatic heterocycles. The van der Waals surface area contributed by atoms with Gasteiger partial charge in [-0.2, -0.15) is 0 Å². The van der Waals surface area contributed by atoms with Crippen molar-refractivity contribution in [3.63, 3.8) is 0 Å². The van der Waals surface area contributed by atoms with Gasteiger partial charge in [0.1, 0.15) is 0 Å². The first-order chi connectivity index (χ1) is 11.7. The van der Waals surface area contributed by atoms with Gasteiger partial charge in [-0.05, 0) is 24.1 Å². The molecule has 0 bridgehead atoms. The highest BCUT2D eigenvalue weighted by Gasteiger charge is 2.33. The van der Waals surface area contributed by atoms with Crippen molar-refractivity contribution in [2.75, 3.05) is 26.3 Å². The lowest BCUT2D eigenvalue weighted by Crippen LogP contribution is -2.29. The van der Waals surface area contributed by atoms with E-state index in [1.165, 1.54) is 0 Å². The molecule has 3 N–H and O–H groups in total. The molecule has 1 aromatic carbocycles. The molecule has 0 radical (unpaired) electrons. The van der Waals surface area contributed by atoms with E-state index in [-0.39, 0.29) is 31.0 Å². The molecular weight excluding hydrogens is 304 g/mol. The Morgan fingerprint density at radius 3 is 2.33 bits per heavy atom. The van der Waals surface area contributed by atoms with Crippen molar-refractivity contribution in [1.82, 2.24) is 9.88 Å². The molecule has 5 heteroatoms. The number of amides is 1. The lowest BCUT2D eigenvalue weighted by molar-refractivity contribution is -0.130. The van der Waals surface area contributed by atoms with Crippen LogP contribution in [0.5, 0.6) is 0 Å². The number of carbonyl (C=O) groups is 1. The van der Waals surface area contributed by atoms with E-state index in [1.54, 1.807) is 4.90 Å². The van der Waals surface area contributed by atoms with Crippen molar-refractivity contribution < 1.29 is 15.0 Å². The number of aryl methyl sites for hydroxylation is 1. The van der Waals surface area contributed by atoms with E-state index < -0.39 is 0 Å². The van der Waals surface area contributed by atoms with Crippen LogP contribution in [0, 0.1) is 11.8 Å². The Labute approximate surface area is 141 Å². The summed E-state index contributed by atoms with van der Waals surface area (Å²) in [7, 11) is 0. The molecule has 0 spiro atoms. The largest absolute Gasteiger partial charge is 0.396 e. The van der Waals surface area contributed by atoms with Gasteiger partial charge < -0.3 is 20.1 Å². The first-order valence-corrected chi connectivity index (χ1v) is 8.44. The molecule has 0 aliphatic carbocycles. The summed E-state index contributed by atoms with van der Waals surface area (Å²) >= 11 is 0. The number of nitrogens with zero attached hydrogens (tertiary/aromatic N) is 1. The molecule has 1 aromatic heterocycles. The standard InChI is InChI=1S/C19H24N2O3/c22-12-15-10-21(11-16(15)13-23)19(24)9-7-17-6-8-18(20-17)14-4-2-1-3-5-14/h1-6,8,15-16,20,22-23H,7,9-13H2/t15-,16-/m0/s1. The molecule has 1 fully saturated rings. The molecule has 24 heavy (non-hydrogen) atoms. The zero-order valence-corrected chi connectivity index (χ0v) is 13.7. The van der Waals surface area contributed by atoms with E-state index in [1.807, 2.05) is 30.3 Å². The fraction of sp³-hybridized carbons (Fsp3) is 0.421. The number of aromatic amines is 1. The average Bonchev–Trinajstić information content (AvgIpc) is 3.27. The van der Waals surface area contributed by atoms with E-state index in [0.717, 1.165) is 17.0 Å². The van der Waals surface area contributed by atoms with Crippen molar-refractivity contribution in [1.29, 1.82) is 0 Å². The van der Waals surface area contributed by atoms with E-state index >= 15 is 0 Å². The smallest absolute Gasteiger partial charge is 0.222 e. The molecule has 1 saturated heterocycles. The van der Waals surface area contributed by atoms with Crippen molar-refractivity contribution in [3.05, 3.63) is 48.2 Å². The van der Waals surface area contributed by atoms with Crippen molar-refractivity contribution in [3.8, 4) is 11.3 Å². The monoisotopic (exact) mass is 328 g/mol. The van der Waals surface area contributed by atoms with Gasteiger partial charge in [0.25, 0.3) is 0 Å². The number of aromatic nitrogens is 1. The third-order valence-electron chi connectivity index (χ3n) is 4.84. The number of nitrogens with one attached hydrogen (secondary N) is 1. The minimum Gasteiger partial charge on any atom is -0.396 e. The van der Waals surface area contributed by atoms with Crippen LogP contribution in [0.25, 0.3) is 11.3 Å². The summed E-state index contributed by atoms with van der Waals surface area (Å²) in [6, 6.07) is 14.1. The number of aliphatic hydroxyl groups is 2. The zero-order valence-electron chi connectivity index (χ0n) is 13.7. The highest BCUT2D eigenvalue weighted by molar-refractivity contribution is 5.76. The van der Waals surface area contributed by atoms with Crippen LogP contribution in [0.3, 0.4) is 0 Å². The minimum atomic E-state index is -0.00544. The van der Waals surface area contributed by atoms with Gasteiger partial charge in [0.05, 0.1) is 0 Å². The SMILES string of the molecule is O=C(CCc1ccc(-c2ccccc2)[nH]1)N1C[C@@H](CO)[C@H](CO)C1. The van der Waals surface area contributed by atoms with Gasteiger partial charge >= 0.3 is 0 Å². The maximum Gasteiger partial charge on any atom is 0.222 e. The van der Waals surface area contributed by atoms with Crippen LogP contribution in [-0.2, 0) is 11.2 Å². The minimum absolute atomic E-state index is 0.00544. The van der Waals surface area contributed by atoms with Gasteiger partial charge in [0.15, 0.2) is 0 Å². The number of likely N-dealkylation sites (tertiary alicyclic amines) is 1. The highest BCUT2D eigenvalue weighted by Crippen LogP contribution is 2.24. The van der Waals surface area contributed by atoms with Crippen LogP contribution in [0.2, 0.25) is 0 Å². The van der Waals surface area contributed by atoms with Gasteiger partial charge in [-0.25, -0.2) is 0 Å². The van der Waals surface area contributed by atoms with Crippen LogP contribution >= 0.6 is 0 Å². The van der Waals surface area contributed by atoms with Crippen LogP contribution in [0.4, 0.5) is 0 Å². The summed E-state index contributed by atoms with van der Waals surface area (Å²) in [5.74, 6) is 0.0727. The van der Waals surface area contributed by atoms with Crippen LogP contribution < -0.4 is 0 Å². The third kappa shape index (κ3) is 3.68. The molecule has 1 aliphatic rings. The summed E-state index contributed by atoms with van der Waals surface area (Å²) in [6.07, 6.45) is 1.10. The zero-order chi connectivity index (χ0) is 16.9. The molecule has 5 nitrogen and oxygen atoms in total. The second-order valence-electron chi connectivity index (χ2n) is 6.45. The molecule has 2 heterocycles. The van der Waals surface area contributed by atoms with E-state index in [9.17, 15) is 15.0 Å². The second-order valence-corrected chi connectivity index (χ2v) is 6.45. The third-order valence-corrected chi connectivity index (χ3v) is 4.84. The number of benzene rings is 1.